The van der Waals surface area contributed by atoms with Gasteiger partial charge in [0.1, 0.15) is 36.6 Å². The number of benzene rings is 1. The van der Waals surface area contributed by atoms with Gasteiger partial charge < -0.3 is 54.5 Å². The number of nitrogens with zero attached hydrogens (tertiary/aromatic N) is 4. The van der Waals surface area contributed by atoms with E-state index in [0.717, 1.165) is 7.11 Å². The van der Waals surface area contributed by atoms with E-state index in [9.17, 15) is 35.1 Å². The van der Waals surface area contributed by atoms with Gasteiger partial charge in [-0.1, -0.05) is 24.3 Å². The average molecular weight is 568 g/mol. The molecule has 2 saturated heterocycles. The molecule has 0 bridgehead atoms. The van der Waals surface area contributed by atoms with Crippen LogP contribution in [0.5, 0.6) is 0 Å². The van der Waals surface area contributed by atoms with E-state index in [1.54, 1.807) is 24.3 Å². The first-order valence-corrected chi connectivity index (χ1v) is 12.0. The number of rotatable bonds is 9. The summed E-state index contributed by atoms with van der Waals surface area (Å²) >= 11 is 0. The van der Waals surface area contributed by atoms with Crippen molar-refractivity contribution in [1.29, 1.82) is 0 Å². The lowest BCUT2D eigenvalue weighted by Gasteiger charge is -2.45. The first-order chi connectivity index (χ1) is 19.2. The lowest BCUT2D eigenvalue weighted by Crippen LogP contribution is -2.66. The highest BCUT2D eigenvalue weighted by Crippen LogP contribution is 2.30. The summed E-state index contributed by atoms with van der Waals surface area (Å²) in [6.07, 6.45) is -15.7. The molecular weight excluding hydrogens is 538 g/mol. The fraction of sp³-hybridized carbons (Fsp3) is 0.565. The van der Waals surface area contributed by atoms with Crippen molar-refractivity contribution in [3.05, 3.63) is 36.2 Å². The normalized spacial score (nSPS) is 34.2. The van der Waals surface area contributed by atoms with Gasteiger partial charge in [0.25, 0.3) is 5.91 Å². The van der Waals surface area contributed by atoms with Gasteiger partial charge in [0.15, 0.2) is 31.1 Å². The molecule has 2 aliphatic heterocycles. The Hall–Kier alpha value is -3.26. The molecule has 17 nitrogen and oxygen atoms in total. The van der Waals surface area contributed by atoms with E-state index in [0.29, 0.717) is 17.0 Å². The predicted molar refractivity (Wildman–Crippen MR) is 127 cm³/mol. The minimum absolute atomic E-state index is 0.00596. The van der Waals surface area contributed by atoms with Crippen molar-refractivity contribution in [1.82, 2.24) is 25.7 Å². The van der Waals surface area contributed by atoms with Crippen LogP contribution in [0.25, 0.3) is 11.4 Å². The van der Waals surface area contributed by atoms with Gasteiger partial charge in [-0.25, -0.2) is 4.79 Å². The first kappa shape index (κ1) is 29.7. The van der Waals surface area contributed by atoms with Gasteiger partial charge in [-0.3, -0.25) is 4.79 Å². The number of hydrogen-bond donors (Lipinski definition) is 6. The maximum atomic E-state index is 13.2. The number of aliphatic carboxylic acids is 1. The molecule has 3 heterocycles. The number of carbonyl (C=O) groups is 2. The number of nitrogens with one attached hydrogen (secondary N) is 1. The van der Waals surface area contributed by atoms with Gasteiger partial charge in [-0.15, -0.1) is 20.4 Å². The molecule has 17 heteroatoms. The van der Waals surface area contributed by atoms with Crippen LogP contribution < -0.4 is 5.32 Å². The minimum Gasteiger partial charge on any atom is -0.479 e. The van der Waals surface area contributed by atoms with E-state index >= 15 is 0 Å². The van der Waals surface area contributed by atoms with Gasteiger partial charge in [0, 0.05) is 26.3 Å². The van der Waals surface area contributed by atoms with Crippen LogP contribution in [0.1, 0.15) is 5.56 Å². The minimum atomic E-state index is -1.84. The Morgan fingerprint density at radius 1 is 0.850 bits per heavy atom. The molecule has 1 aromatic heterocycles. The summed E-state index contributed by atoms with van der Waals surface area (Å²) in [6.45, 7) is 0.00596. The maximum Gasteiger partial charge on any atom is 0.335 e. The van der Waals surface area contributed by atoms with E-state index in [4.69, 9.17) is 23.7 Å². The summed E-state index contributed by atoms with van der Waals surface area (Å²) in [5.74, 6) is -2.00. The highest BCUT2D eigenvalue weighted by atomic mass is 16.7. The first-order valence-electron chi connectivity index (χ1n) is 12.0. The number of methoxy groups -OCH3 is 2. The van der Waals surface area contributed by atoms with Crippen molar-refractivity contribution in [3.63, 3.8) is 0 Å². The lowest BCUT2D eigenvalue weighted by molar-refractivity contribution is -0.348. The number of aromatic nitrogens is 4. The second-order valence-corrected chi connectivity index (χ2v) is 8.97. The Morgan fingerprint density at radius 2 is 1.45 bits per heavy atom. The summed E-state index contributed by atoms with van der Waals surface area (Å²) in [7, 11) is 2.31. The summed E-state index contributed by atoms with van der Waals surface area (Å²) in [6, 6.07) is 6.79. The lowest BCUT2D eigenvalue weighted by atomic mass is 9.96. The van der Waals surface area contributed by atoms with Crippen LogP contribution in [0.15, 0.2) is 30.6 Å². The Kier molecular flexibility index (Phi) is 9.61. The van der Waals surface area contributed by atoms with Crippen molar-refractivity contribution in [2.24, 2.45) is 0 Å². The van der Waals surface area contributed by atoms with Crippen LogP contribution in [-0.4, -0.2) is 133 Å². The second kappa shape index (κ2) is 12.9. The number of aliphatic hydroxyl groups is 4. The number of carboxylic acid groups (broad SMARTS) is 1. The average Bonchev–Trinajstić information content (AvgIpc) is 2.97. The summed E-state index contributed by atoms with van der Waals surface area (Å²) in [5, 5.41) is 69.2. The zero-order valence-electron chi connectivity index (χ0n) is 21.3. The molecule has 0 aliphatic carbocycles. The van der Waals surface area contributed by atoms with E-state index in [-0.39, 0.29) is 6.54 Å². The van der Waals surface area contributed by atoms with Gasteiger partial charge >= 0.3 is 5.97 Å². The SMILES string of the molecule is COC1OC(C(=O)NCc2ccc(-c3nncnn3)cc2)C(OC2OC(C(=O)O)C(OC)C(O)C2O)C(O)C1O. The van der Waals surface area contributed by atoms with Crippen molar-refractivity contribution >= 4 is 11.9 Å². The maximum absolute atomic E-state index is 13.2. The predicted octanol–water partition coefficient (Wildman–Crippen LogP) is -3.43. The zero-order valence-corrected chi connectivity index (χ0v) is 21.3. The van der Waals surface area contributed by atoms with Crippen molar-refractivity contribution in [2.45, 2.75) is 68.0 Å². The third-order valence-electron chi connectivity index (χ3n) is 6.47. The molecule has 2 fully saturated rings. The van der Waals surface area contributed by atoms with Crippen molar-refractivity contribution in [3.8, 4) is 11.4 Å². The third-order valence-corrected chi connectivity index (χ3v) is 6.47. The monoisotopic (exact) mass is 567 g/mol. The Balaban J connectivity index is 1.48. The smallest absolute Gasteiger partial charge is 0.335 e. The van der Waals surface area contributed by atoms with E-state index in [2.05, 4.69) is 25.7 Å². The Morgan fingerprint density at radius 3 is 2.05 bits per heavy atom. The number of aliphatic hydroxyl groups excluding tert-OH is 4. The summed E-state index contributed by atoms with van der Waals surface area (Å²) in [5.41, 5.74) is 1.30. The van der Waals surface area contributed by atoms with Crippen LogP contribution in [0.3, 0.4) is 0 Å². The third kappa shape index (κ3) is 6.22. The summed E-state index contributed by atoms with van der Waals surface area (Å²) < 4.78 is 26.4. The van der Waals surface area contributed by atoms with E-state index < -0.39 is 73.3 Å². The van der Waals surface area contributed by atoms with Gasteiger partial charge in [0.05, 0.1) is 0 Å². The molecule has 6 N–H and O–H groups in total. The van der Waals surface area contributed by atoms with Crippen molar-refractivity contribution in [2.75, 3.05) is 14.2 Å². The quantitative estimate of drug-likeness (QED) is 0.173. The standard InChI is InChI=1S/C23H29N5O12/c1-36-15-11(29)14(32)23(40-18(15)21(34)35)38-16-12(30)13(31)22(37-2)39-17(16)20(33)24-7-9-3-5-10(6-4-9)19-27-25-8-26-28-19/h3-6,8,11-18,22-23,29-32H,7H2,1-2H3,(H,24,33)(H,34,35). The number of hydrogen-bond acceptors (Lipinski definition) is 15. The molecular formula is C23H29N5O12. The van der Waals surface area contributed by atoms with Crippen LogP contribution in [0.4, 0.5) is 0 Å². The molecule has 1 aromatic carbocycles. The fourth-order valence-electron chi connectivity index (χ4n) is 4.34. The number of carboxylic acids is 1. The van der Waals surface area contributed by atoms with E-state index in [1.165, 1.54) is 13.4 Å². The molecule has 0 spiro atoms. The van der Waals surface area contributed by atoms with Crippen LogP contribution in [-0.2, 0) is 39.8 Å². The van der Waals surface area contributed by atoms with Gasteiger partial charge in [-0.05, 0) is 5.56 Å². The molecule has 10 unspecified atom stereocenters. The molecule has 2 aromatic rings. The molecule has 0 saturated carbocycles. The van der Waals surface area contributed by atoms with Crippen LogP contribution >= 0.6 is 0 Å². The van der Waals surface area contributed by atoms with Gasteiger partial charge in [-0.2, -0.15) is 0 Å². The van der Waals surface area contributed by atoms with Gasteiger partial charge in [0.2, 0.25) is 5.82 Å². The second-order valence-electron chi connectivity index (χ2n) is 8.97. The molecule has 10 atom stereocenters. The number of ether oxygens (including phenoxy) is 5. The molecule has 0 radical (unpaired) electrons. The Bertz CT molecular complexity index is 1140. The highest BCUT2D eigenvalue weighted by Gasteiger charge is 2.54. The molecule has 4 rings (SSSR count). The molecule has 218 valence electrons. The number of carbonyl (C=O) groups excluding carboxylic acids is 1. The molecule has 2 aliphatic rings. The Labute approximate surface area is 226 Å². The van der Waals surface area contributed by atoms with Crippen LogP contribution in [0, 0.1) is 0 Å². The molecule has 1 amide bonds. The molecule has 40 heavy (non-hydrogen) atoms. The van der Waals surface area contributed by atoms with Crippen molar-refractivity contribution < 1.29 is 58.8 Å². The number of amides is 1. The largest absolute Gasteiger partial charge is 0.479 e. The van der Waals surface area contributed by atoms with Crippen LogP contribution in [0.2, 0.25) is 0 Å². The topological polar surface area (TPSA) is 245 Å². The summed E-state index contributed by atoms with van der Waals surface area (Å²) in [4.78, 5) is 24.8. The van der Waals surface area contributed by atoms with E-state index in [1.807, 2.05) is 0 Å². The highest BCUT2D eigenvalue weighted by molar-refractivity contribution is 5.81. The fourth-order valence-corrected chi connectivity index (χ4v) is 4.34. The zero-order chi connectivity index (χ0) is 29.0.